The lowest BCUT2D eigenvalue weighted by molar-refractivity contribution is -0.146. The molecule has 0 radical (unpaired) electrons. The SMILES string of the molecule is CCN(C(=O)Cn1c(C(=O)CC2CCC(C(=O)OC)CC2)cc2ccsc21)c1cccc(C)c1. The van der Waals surface area contributed by atoms with Crippen molar-refractivity contribution in [1.29, 1.82) is 0 Å². The van der Waals surface area contributed by atoms with Crippen LogP contribution >= 0.6 is 11.3 Å². The predicted molar refractivity (Wildman–Crippen MR) is 135 cm³/mol. The molecule has 1 saturated carbocycles. The Kier molecular flexibility index (Phi) is 7.51. The van der Waals surface area contributed by atoms with Crippen LogP contribution in [0, 0.1) is 18.8 Å². The van der Waals surface area contributed by atoms with Gasteiger partial charge >= 0.3 is 5.97 Å². The summed E-state index contributed by atoms with van der Waals surface area (Å²) in [5, 5.41) is 2.99. The third-order valence-corrected chi connectivity index (χ3v) is 7.82. The number of thiophene rings is 1. The highest BCUT2D eigenvalue weighted by Gasteiger charge is 2.29. The van der Waals surface area contributed by atoms with Crippen molar-refractivity contribution in [2.75, 3.05) is 18.6 Å². The Bertz CT molecular complexity index is 1190. The van der Waals surface area contributed by atoms with E-state index in [-0.39, 0.29) is 36.0 Å². The number of fused-ring (bicyclic) bond motifs is 1. The van der Waals surface area contributed by atoms with Crippen molar-refractivity contribution in [3.63, 3.8) is 0 Å². The Labute approximate surface area is 204 Å². The molecule has 0 saturated heterocycles. The van der Waals surface area contributed by atoms with Crippen LogP contribution < -0.4 is 4.90 Å². The zero-order valence-corrected chi connectivity index (χ0v) is 20.9. The summed E-state index contributed by atoms with van der Waals surface area (Å²) in [5.41, 5.74) is 2.58. The minimum Gasteiger partial charge on any atom is -0.469 e. The van der Waals surface area contributed by atoms with E-state index in [4.69, 9.17) is 4.74 Å². The van der Waals surface area contributed by atoms with Gasteiger partial charge in [0.25, 0.3) is 0 Å². The second-order valence-electron chi connectivity index (χ2n) is 9.14. The number of Topliss-reactive ketones (excluding diaryl/α,β-unsaturated/α-hetero) is 1. The van der Waals surface area contributed by atoms with Crippen LogP contribution in [-0.2, 0) is 20.9 Å². The first kappa shape index (κ1) is 24.2. The number of anilines is 1. The molecule has 0 unspecified atom stereocenters. The van der Waals surface area contributed by atoms with Crippen LogP contribution in [-0.4, -0.2) is 35.9 Å². The van der Waals surface area contributed by atoms with Gasteiger partial charge in [0.05, 0.1) is 18.7 Å². The minimum atomic E-state index is -0.147. The summed E-state index contributed by atoms with van der Waals surface area (Å²) in [6.45, 7) is 4.66. The summed E-state index contributed by atoms with van der Waals surface area (Å²) in [6.07, 6.45) is 3.66. The third-order valence-electron chi connectivity index (χ3n) is 6.87. The third kappa shape index (κ3) is 5.09. The number of hydrogen-bond donors (Lipinski definition) is 0. The fraction of sp³-hybridized carbons (Fsp3) is 0.444. The predicted octanol–water partition coefficient (Wildman–Crippen LogP) is 5.62. The molecule has 4 rings (SSSR count). The quantitative estimate of drug-likeness (QED) is 0.310. The number of esters is 1. The van der Waals surface area contributed by atoms with Gasteiger partial charge in [0, 0.05) is 24.0 Å². The summed E-state index contributed by atoms with van der Waals surface area (Å²) < 4.78 is 6.77. The van der Waals surface area contributed by atoms with E-state index in [2.05, 4.69) is 0 Å². The van der Waals surface area contributed by atoms with E-state index in [0.717, 1.165) is 47.2 Å². The van der Waals surface area contributed by atoms with Crippen molar-refractivity contribution in [3.8, 4) is 0 Å². The maximum atomic E-state index is 13.4. The molecule has 180 valence electrons. The molecule has 34 heavy (non-hydrogen) atoms. The number of carbonyl (C=O) groups excluding carboxylic acids is 3. The number of methoxy groups -OCH3 is 1. The Hall–Kier alpha value is -2.93. The molecule has 0 N–H and O–H groups in total. The van der Waals surface area contributed by atoms with E-state index < -0.39 is 0 Å². The van der Waals surface area contributed by atoms with Gasteiger partial charge < -0.3 is 14.2 Å². The van der Waals surface area contributed by atoms with E-state index in [0.29, 0.717) is 18.7 Å². The largest absolute Gasteiger partial charge is 0.469 e. The smallest absolute Gasteiger partial charge is 0.308 e. The molecule has 1 amide bonds. The molecular weight excluding hydrogens is 448 g/mol. The number of likely N-dealkylation sites (N-methyl/N-ethyl adjacent to an activating group) is 1. The van der Waals surface area contributed by atoms with Gasteiger partial charge in [-0.2, -0.15) is 0 Å². The molecule has 0 bridgehead atoms. The second-order valence-corrected chi connectivity index (χ2v) is 10.0. The monoisotopic (exact) mass is 480 g/mol. The van der Waals surface area contributed by atoms with Gasteiger partial charge in [-0.3, -0.25) is 14.4 Å². The number of hydrogen-bond acceptors (Lipinski definition) is 5. The van der Waals surface area contributed by atoms with Crippen LogP contribution in [0.2, 0.25) is 0 Å². The van der Waals surface area contributed by atoms with Crippen LogP contribution in [0.1, 0.15) is 55.1 Å². The van der Waals surface area contributed by atoms with Crippen molar-refractivity contribution >= 4 is 44.9 Å². The van der Waals surface area contributed by atoms with Crippen LogP contribution in [0.15, 0.2) is 41.8 Å². The summed E-state index contributed by atoms with van der Waals surface area (Å²) in [6, 6.07) is 11.8. The number of ether oxygens (including phenoxy) is 1. The molecule has 1 fully saturated rings. The van der Waals surface area contributed by atoms with Crippen molar-refractivity contribution < 1.29 is 19.1 Å². The standard InChI is InChI=1S/C27H32N2O4S/c1-4-28(22-7-5-6-18(2)14-22)25(31)17-29-23(16-21-12-13-34-26(21)29)24(30)15-19-8-10-20(11-9-19)27(32)33-3/h5-7,12-14,16,19-20H,4,8-11,15,17H2,1-3H3. The van der Waals surface area contributed by atoms with Crippen LogP contribution in [0.3, 0.4) is 0 Å². The van der Waals surface area contributed by atoms with Crippen molar-refractivity contribution in [1.82, 2.24) is 4.57 Å². The first-order valence-electron chi connectivity index (χ1n) is 12.0. The maximum absolute atomic E-state index is 13.4. The van der Waals surface area contributed by atoms with Crippen molar-refractivity contribution in [2.45, 2.75) is 52.5 Å². The maximum Gasteiger partial charge on any atom is 0.308 e. The lowest BCUT2D eigenvalue weighted by Gasteiger charge is -2.26. The highest BCUT2D eigenvalue weighted by atomic mass is 32.1. The van der Waals surface area contributed by atoms with Gasteiger partial charge in [-0.1, -0.05) is 12.1 Å². The average Bonchev–Trinajstić information content (AvgIpc) is 3.42. The molecule has 7 heteroatoms. The summed E-state index contributed by atoms with van der Waals surface area (Å²) in [5.74, 6) is 0.0872. The molecule has 0 atom stereocenters. The molecular formula is C27H32N2O4S. The van der Waals surface area contributed by atoms with E-state index in [1.807, 2.05) is 60.2 Å². The van der Waals surface area contributed by atoms with Gasteiger partial charge in [-0.25, -0.2) is 0 Å². The number of benzene rings is 1. The lowest BCUT2D eigenvalue weighted by atomic mass is 9.79. The summed E-state index contributed by atoms with van der Waals surface area (Å²) in [7, 11) is 1.43. The number of carbonyl (C=O) groups is 3. The average molecular weight is 481 g/mol. The van der Waals surface area contributed by atoms with Crippen LogP contribution in [0.25, 0.3) is 10.2 Å². The molecule has 0 spiro atoms. The Morgan fingerprint density at radius 1 is 1.12 bits per heavy atom. The van der Waals surface area contributed by atoms with E-state index in [1.54, 1.807) is 16.2 Å². The van der Waals surface area contributed by atoms with E-state index in [1.165, 1.54) is 7.11 Å². The van der Waals surface area contributed by atoms with Crippen LogP contribution in [0.4, 0.5) is 5.69 Å². The van der Waals surface area contributed by atoms with E-state index >= 15 is 0 Å². The normalized spacial score (nSPS) is 18.1. The lowest BCUT2D eigenvalue weighted by Crippen LogP contribution is -2.34. The number of aryl methyl sites for hydroxylation is 1. The molecule has 1 aromatic carbocycles. The van der Waals surface area contributed by atoms with Crippen molar-refractivity contribution in [3.05, 3.63) is 53.0 Å². The second kappa shape index (κ2) is 10.6. The zero-order valence-electron chi connectivity index (χ0n) is 20.1. The highest BCUT2D eigenvalue weighted by Crippen LogP contribution is 2.33. The first-order valence-corrected chi connectivity index (χ1v) is 12.8. The van der Waals surface area contributed by atoms with Gasteiger partial charge in [0.1, 0.15) is 11.4 Å². The number of amides is 1. The molecule has 6 nitrogen and oxygen atoms in total. The molecule has 0 aliphatic heterocycles. The van der Waals surface area contributed by atoms with Gasteiger partial charge in [0.2, 0.25) is 5.91 Å². The zero-order chi connectivity index (χ0) is 24.2. The van der Waals surface area contributed by atoms with Gasteiger partial charge in [-0.15, -0.1) is 11.3 Å². The molecule has 1 aliphatic rings. The number of rotatable bonds is 8. The Morgan fingerprint density at radius 2 is 1.88 bits per heavy atom. The summed E-state index contributed by atoms with van der Waals surface area (Å²) in [4.78, 5) is 41.3. The van der Waals surface area contributed by atoms with Crippen molar-refractivity contribution in [2.24, 2.45) is 11.8 Å². The first-order chi connectivity index (χ1) is 16.4. The molecule has 2 heterocycles. The number of ketones is 1. The fourth-order valence-corrected chi connectivity index (χ4v) is 5.91. The summed E-state index contributed by atoms with van der Waals surface area (Å²) >= 11 is 1.55. The van der Waals surface area contributed by atoms with Gasteiger partial charge in [-0.05, 0) is 80.7 Å². The van der Waals surface area contributed by atoms with Gasteiger partial charge in [0.15, 0.2) is 5.78 Å². The Morgan fingerprint density at radius 3 is 2.56 bits per heavy atom. The minimum absolute atomic E-state index is 0.0355. The number of nitrogens with zero attached hydrogens (tertiary/aromatic N) is 2. The molecule has 1 aliphatic carbocycles. The fourth-order valence-electron chi connectivity index (χ4n) is 5.02. The molecule has 3 aromatic rings. The number of aromatic nitrogens is 1. The Balaban J connectivity index is 1.51. The molecule has 2 aromatic heterocycles. The topological polar surface area (TPSA) is 68.6 Å². The highest BCUT2D eigenvalue weighted by molar-refractivity contribution is 7.16. The van der Waals surface area contributed by atoms with E-state index in [9.17, 15) is 14.4 Å². The van der Waals surface area contributed by atoms with Crippen LogP contribution in [0.5, 0.6) is 0 Å².